The van der Waals surface area contributed by atoms with Crippen molar-refractivity contribution in [3.63, 3.8) is 0 Å². The number of carbonyl (C=O) groups is 2. The molecule has 2 aromatic carbocycles. The zero-order valence-electron chi connectivity index (χ0n) is 17.2. The first-order valence-corrected chi connectivity index (χ1v) is 9.30. The number of carbonyl (C=O) groups excluding carboxylic acids is 2. The maximum absolute atomic E-state index is 12.1. The molecule has 7 heteroatoms. The van der Waals surface area contributed by atoms with Gasteiger partial charge in [-0.1, -0.05) is 18.2 Å². The van der Waals surface area contributed by atoms with E-state index < -0.39 is 12.1 Å². The van der Waals surface area contributed by atoms with Gasteiger partial charge in [0.1, 0.15) is 5.75 Å². The van der Waals surface area contributed by atoms with E-state index in [4.69, 9.17) is 18.9 Å². The van der Waals surface area contributed by atoms with Crippen LogP contribution in [0.1, 0.15) is 18.1 Å². The van der Waals surface area contributed by atoms with E-state index in [2.05, 4.69) is 5.32 Å². The van der Waals surface area contributed by atoms with E-state index in [-0.39, 0.29) is 12.5 Å². The van der Waals surface area contributed by atoms with Gasteiger partial charge in [-0.15, -0.1) is 0 Å². The average molecular weight is 401 g/mol. The number of rotatable bonds is 10. The van der Waals surface area contributed by atoms with E-state index in [0.717, 1.165) is 16.9 Å². The van der Waals surface area contributed by atoms with Gasteiger partial charge in [0.15, 0.2) is 24.2 Å². The topological polar surface area (TPSA) is 83.1 Å². The van der Waals surface area contributed by atoms with Gasteiger partial charge in [-0.3, -0.25) is 4.79 Å². The number of nitrogens with one attached hydrogen (secondary N) is 1. The molecule has 0 aromatic heterocycles. The van der Waals surface area contributed by atoms with Crippen molar-refractivity contribution in [2.24, 2.45) is 0 Å². The second-order valence-corrected chi connectivity index (χ2v) is 6.46. The first kappa shape index (κ1) is 22.1. The largest absolute Gasteiger partial charge is 0.497 e. The highest BCUT2D eigenvalue weighted by Gasteiger charge is 2.18. The fourth-order valence-corrected chi connectivity index (χ4v) is 2.58. The molecule has 0 bridgehead atoms. The maximum atomic E-state index is 12.1. The number of amides is 1. The van der Waals surface area contributed by atoms with E-state index in [9.17, 15) is 9.59 Å². The Labute approximate surface area is 170 Å². The van der Waals surface area contributed by atoms with Crippen LogP contribution < -0.4 is 19.5 Å². The Morgan fingerprint density at radius 1 is 1.00 bits per heavy atom. The number of esters is 1. The van der Waals surface area contributed by atoms with E-state index in [1.807, 2.05) is 37.3 Å². The quantitative estimate of drug-likeness (QED) is 0.617. The Morgan fingerprint density at radius 3 is 2.38 bits per heavy atom. The zero-order valence-corrected chi connectivity index (χ0v) is 17.2. The van der Waals surface area contributed by atoms with Gasteiger partial charge >= 0.3 is 5.97 Å². The summed E-state index contributed by atoms with van der Waals surface area (Å²) < 4.78 is 20.9. The van der Waals surface area contributed by atoms with E-state index in [0.29, 0.717) is 24.5 Å². The first-order valence-electron chi connectivity index (χ1n) is 9.30. The average Bonchev–Trinajstić information content (AvgIpc) is 2.73. The molecule has 156 valence electrons. The summed E-state index contributed by atoms with van der Waals surface area (Å²) >= 11 is 0. The third-order valence-electron chi connectivity index (χ3n) is 4.21. The molecule has 2 aromatic rings. The van der Waals surface area contributed by atoms with Crippen LogP contribution in [0.25, 0.3) is 0 Å². The Kier molecular flexibility index (Phi) is 8.33. The normalized spacial score (nSPS) is 11.3. The van der Waals surface area contributed by atoms with Crippen LogP contribution in [0, 0.1) is 6.92 Å². The molecule has 1 N–H and O–H groups in total. The summed E-state index contributed by atoms with van der Waals surface area (Å²) in [5.41, 5.74) is 2.08. The van der Waals surface area contributed by atoms with Crippen molar-refractivity contribution in [2.75, 3.05) is 27.4 Å². The molecule has 0 aliphatic rings. The first-order chi connectivity index (χ1) is 13.9. The Balaban J connectivity index is 1.73. The fraction of sp³-hybridized carbons (Fsp3) is 0.364. The van der Waals surface area contributed by atoms with Gasteiger partial charge in [0.05, 0.1) is 14.2 Å². The summed E-state index contributed by atoms with van der Waals surface area (Å²) in [5.74, 6) is 0.753. The van der Waals surface area contributed by atoms with Crippen molar-refractivity contribution in [1.82, 2.24) is 5.32 Å². The molecule has 7 nitrogen and oxygen atoms in total. The highest BCUT2D eigenvalue weighted by molar-refractivity contribution is 5.83. The zero-order chi connectivity index (χ0) is 21.2. The fourth-order valence-electron chi connectivity index (χ4n) is 2.58. The molecule has 0 aliphatic heterocycles. The second-order valence-electron chi connectivity index (χ2n) is 6.46. The van der Waals surface area contributed by atoms with Crippen LogP contribution in [-0.2, 0) is 20.7 Å². The molecular formula is C22H27NO6. The van der Waals surface area contributed by atoms with E-state index >= 15 is 0 Å². The number of ether oxygens (including phenoxy) is 4. The summed E-state index contributed by atoms with van der Waals surface area (Å²) in [6, 6.07) is 13.0. The number of benzene rings is 2. The van der Waals surface area contributed by atoms with Crippen LogP contribution in [-0.4, -0.2) is 45.4 Å². The van der Waals surface area contributed by atoms with E-state index in [1.54, 1.807) is 19.2 Å². The lowest BCUT2D eigenvalue weighted by atomic mass is 10.1. The third kappa shape index (κ3) is 7.03. The molecule has 1 amide bonds. The van der Waals surface area contributed by atoms with Crippen LogP contribution in [0.4, 0.5) is 0 Å². The van der Waals surface area contributed by atoms with Crippen LogP contribution in [0.2, 0.25) is 0 Å². The molecular weight excluding hydrogens is 374 g/mol. The van der Waals surface area contributed by atoms with Gasteiger partial charge in [0.2, 0.25) is 0 Å². The molecule has 0 radical (unpaired) electrons. The lowest BCUT2D eigenvalue weighted by Gasteiger charge is -2.15. The lowest BCUT2D eigenvalue weighted by molar-refractivity contribution is -0.156. The van der Waals surface area contributed by atoms with Crippen molar-refractivity contribution in [3.8, 4) is 17.2 Å². The summed E-state index contributed by atoms with van der Waals surface area (Å²) in [6.45, 7) is 3.57. The predicted molar refractivity (Wildman–Crippen MR) is 108 cm³/mol. The van der Waals surface area contributed by atoms with Crippen molar-refractivity contribution in [1.29, 1.82) is 0 Å². The minimum atomic E-state index is -0.915. The number of methoxy groups -OCH3 is 2. The van der Waals surface area contributed by atoms with Crippen LogP contribution >= 0.6 is 0 Å². The van der Waals surface area contributed by atoms with Crippen LogP contribution in [0.5, 0.6) is 17.2 Å². The minimum absolute atomic E-state index is 0.317. The molecule has 29 heavy (non-hydrogen) atoms. The van der Waals surface area contributed by atoms with Crippen molar-refractivity contribution in [2.45, 2.75) is 26.4 Å². The van der Waals surface area contributed by atoms with Gasteiger partial charge in [-0.25, -0.2) is 4.79 Å². The summed E-state index contributed by atoms with van der Waals surface area (Å²) in [5, 5.41) is 2.75. The number of hydrogen-bond donors (Lipinski definition) is 1. The highest BCUT2D eigenvalue weighted by Crippen LogP contribution is 2.27. The maximum Gasteiger partial charge on any atom is 0.344 e. The predicted octanol–water partition coefficient (Wildman–Crippen LogP) is 2.68. The number of hydrogen-bond acceptors (Lipinski definition) is 6. The van der Waals surface area contributed by atoms with Gasteiger partial charge < -0.3 is 24.3 Å². The van der Waals surface area contributed by atoms with Crippen molar-refractivity contribution >= 4 is 11.9 Å². The minimum Gasteiger partial charge on any atom is -0.497 e. The number of aryl methyl sites for hydroxylation is 1. The molecule has 0 aliphatic carbocycles. The van der Waals surface area contributed by atoms with Crippen LogP contribution in [0.15, 0.2) is 42.5 Å². The summed E-state index contributed by atoms with van der Waals surface area (Å²) in [4.78, 5) is 24.1. The van der Waals surface area contributed by atoms with Crippen molar-refractivity contribution in [3.05, 3.63) is 53.6 Å². The van der Waals surface area contributed by atoms with Crippen LogP contribution in [0.3, 0.4) is 0 Å². The third-order valence-corrected chi connectivity index (χ3v) is 4.21. The molecule has 0 saturated heterocycles. The smallest absolute Gasteiger partial charge is 0.344 e. The summed E-state index contributed by atoms with van der Waals surface area (Å²) in [7, 11) is 3.14. The second kappa shape index (κ2) is 10.9. The molecule has 2 rings (SSSR count). The Hall–Kier alpha value is -3.22. The molecule has 0 saturated carbocycles. The Bertz CT molecular complexity index is 819. The van der Waals surface area contributed by atoms with Gasteiger partial charge in [0.25, 0.3) is 5.91 Å². The van der Waals surface area contributed by atoms with Gasteiger partial charge in [-0.05, 0) is 55.7 Å². The standard InChI is InChI=1S/C22H27NO6/c1-15-5-10-19(20(13-15)27-4)28-14-21(24)29-16(2)22(25)23-12-11-17-6-8-18(26-3)9-7-17/h5-10,13,16H,11-12,14H2,1-4H3,(H,23,25). The SMILES string of the molecule is COc1ccc(CCNC(=O)C(C)OC(=O)COc2ccc(C)cc2OC)cc1. The van der Waals surface area contributed by atoms with Gasteiger partial charge in [-0.2, -0.15) is 0 Å². The van der Waals surface area contributed by atoms with Crippen molar-refractivity contribution < 1.29 is 28.5 Å². The Morgan fingerprint density at radius 2 is 1.72 bits per heavy atom. The lowest BCUT2D eigenvalue weighted by Crippen LogP contribution is -2.37. The van der Waals surface area contributed by atoms with E-state index in [1.165, 1.54) is 14.0 Å². The molecule has 0 spiro atoms. The summed E-state index contributed by atoms with van der Waals surface area (Å²) in [6.07, 6.45) is -0.255. The molecule has 1 unspecified atom stereocenters. The molecule has 0 heterocycles. The van der Waals surface area contributed by atoms with Gasteiger partial charge in [0, 0.05) is 6.54 Å². The monoisotopic (exact) mass is 401 g/mol. The molecule has 0 fully saturated rings. The molecule has 1 atom stereocenters. The highest BCUT2D eigenvalue weighted by atomic mass is 16.6.